The summed E-state index contributed by atoms with van der Waals surface area (Å²) in [5.74, 6) is -1.15. The summed E-state index contributed by atoms with van der Waals surface area (Å²) in [5, 5.41) is 3.24. The molecule has 2 rings (SSSR count). The van der Waals surface area contributed by atoms with Crippen LogP contribution in [-0.2, 0) is 20.9 Å². The monoisotopic (exact) mass is 373 g/mol. The highest BCUT2D eigenvalue weighted by molar-refractivity contribution is 6.30. The van der Waals surface area contributed by atoms with Gasteiger partial charge in [-0.1, -0.05) is 35.9 Å². The van der Waals surface area contributed by atoms with Crippen LogP contribution in [0.1, 0.15) is 34.3 Å². The van der Waals surface area contributed by atoms with Crippen molar-refractivity contribution >= 4 is 29.3 Å². The number of Topliss-reactive ketones (excluding diaryl/α,β-unsaturated/α-hetero) is 1. The highest BCUT2D eigenvalue weighted by Crippen LogP contribution is 2.12. The van der Waals surface area contributed by atoms with Gasteiger partial charge in [-0.3, -0.25) is 14.4 Å². The Labute approximate surface area is 157 Å². The van der Waals surface area contributed by atoms with Crippen molar-refractivity contribution in [3.05, 3.63) is 70.2 Å². The van der Waals surface area contributed by atoms with Crippen molar-refractivity contribution in [2.75, 3.05) is 6.61 Å². The van der Waals surface area contributed by atoms with Crippen LogP contribution < -0.4 is 5.32 Å². The number of amides is 1. The zero-order chi connectivity index (χ0) is 18.9. The van der Waals surface area contributed by atoms with Gasteiger partial charge in [0.2, 0.25) is 0 Å². The summed E-state index contributed by atoms with van der Waals surface area (Å²) >= 11 is 5.76. The second-order valence-corrected chi connectivity index (χ2v) is 6.23. The number of esters is 1. The van der Waals surface area contributed by atoms with E-state index in [0.717, 1.165) is 11.1 Å². The molecule has 0 spiro atoms. The molecule has 0 atom stereocenters. The van der Waals surface area contributed by atoms with Gasteiger partial charge < -0.3 is 10.1 Å². The number of rotatable bonds is 8. The average molecular weight is 374 g/mol. The van der Waals surface area contributed by atoms with Crippen LogP contribution in [0.3, 0.4) is 0 Å². The van der Waals surface area contributed by atoms with E-state index in [9.17, 15) is 14.4 Å². The minimum absolute atomic E-state index is 0.0191. The zero-order valence-corrected chi connectivity index (χ0v) is 15.2. The molecule has 1 amide bonds. The van der Waals surface area contributed by atoms with Gasteiger partial charge in [0.25, 0.3) is 5.91 Å². The lowest BCUT2D eigenvalue weighted by Crippen LogP contribution is -2.28. The smallest absolute Gasteiger partial charge is 0.306 e. The van der Waals surface area contributed by atoms with E-state index in [1.807, 2.05) is 31.2 Å². The van der Waals surface area contributed by atoms with Crippen LogP contribution in [0.4, 0.5) is 0 Å². The number of aryl methyl sites for hydroxylation is 1. The van der Waals surface area contributed by atoms with E-state index < -0.39 is 5.97 Å². The largest absolute Gasteiger partial charge is 0.456 e. The maximum Gasteiger partial charge on any atom is 0.306 e. The van der Waals surface area contributed by atoms with Crippen molar-refractivity contribution in [2.45, 2.75) is 26.3 Å². The third kappa shape index (κ3) is 6.33. The Morgan fingerprint density at radius 3 is 2.38 bits per heavy atom. The van der Waals surface area contributed by atoms with Crippen LogP contribution in [-0.4, -0.2) is 24.3 Å². The van der Waals surface area contributed by atoms with Crippen LogP contribution >= 0.6 is 11.6 Å². The maximum atomic E-state index is 12.0. The van der Waals surface area contributed by atoms with E-state index in [-0.39, 0.29) is 31.1 Å². The van der Waals surface area contributed by atoms with Gasteiger partial charge in [-0.05, 0) is 42.3 Å². The molecular weight excluding hydrogens is 354 g/mol. The molecule has 1 N–H and O–H groups in total. The fraction of sp³-hybridized carbons (Fsp3) is 0.250. The number of ketones is 1. The van der Waals surface area contributed by atoms with Crippen molar-refractivity contribution in [3.63, 3.8) is 0 Å². The van der Waals surface area contributed by atoms with Gasteiger partial charge in [-0.25, -0.2) is 0 Å². The fourth-order valence-corrected chi connectivity index (χ4v) is 2.39. The van der Waals surface area contributed by atoms with E-state index in [0.29, 0.717) is 17.1 Å². The predicted molar refractivity (Wildman–Crippen MR) is 99.0 cm³/mol. The molecule has 136 valence electrons. The molecule has 0 aliphatic heterocycles. The highest BCUT2D eigenvalue weighted by atomic mass is 35.5. The SMILES string of the molecule is Cc1ccccc1CNC(=O)COC(=O)CCC(=O)c1ccc(Cl)cc1. The normalized spacial score (nSPS) is 10.2. The molecule has 0 aliphatic carbocycles. The van der Waals surface area contributed by atoms with Crippen molar-refractivity contribution in [2.24, 2.45) is 0 Å². The van der Waals surface area contributed by atoms with Gasteiger partial charge in [-0.15, -0.1) is 0 Å². The van der Waals surface area contributed by atoms with Crippen LogP contribution in [0.25, 0.3) is 0 Å². The Kier molecular flexibility index (Phi) is 7.36. The quantitative estimate of drug-likeness (QED) is 0.568. The van der Waals surface area contributed by atoms with Crippen LogP contribution in [0.5, 0.6) is 0 Å². The first-order chi connectivity index (χ1) is 12.5. The predicted octanol–water partition coefficient (Wildman–Crippen LogP) is 3.47. The summed E-state index contributed by atoms with van der Waals surface area (Å²) in [5.41, 5.74) is 2.56. The molecule has 0 saturated heterocycles. The molecule has 0 aromatic heterocycles. The molecule has 0 saturated carbocycles. The number of carbonyl (C=O) groups is 3. The third-order valence-corrected chi connectivity index (χ3v) is 4.08. The Morgan fingerprint density at radius 2 is 1.69 bits per heavy atom. The number of hydrogen-bond donors (Lipinski definition) is 1. The fourth-order valence-electron chi connectivity index (χ4n) is 2.27. The van der Waals surface area contributed by atoms with Gasteiger partial charge in [-0.2, -0.15) is 0 Å². The van der Waals surface area contributed by atoms with E-state index in [2.05, 4.69) is 5.32 Å². The molecular formula is C20H20ClNO4. The lowest BCUT2D eigenvalue weighted by atomic mass is 10.1. The summed E-state index contributed by atoms with van der Waals surface area (Å²) in [7, 11) is 0. The molecule has 26 heavy (non-hydrogen) atoms. The van der Waals surface area contributed by atoms with Crippen LogP contribution in [0.2, 0.25) is 5.02 Å². The minimum Gasteiger partial charge on any atom is -0.456 e. The highest BCUT2D eigenvalue weighted by Gasteiger charge is 2.12. The Balaban J connectivity index is 1.68. The van der Waals surface area contributed by atoms with Gasteiger partial charge in [0.1, 0.15) is 0 Å². The molecule has 0 bridgehead atoms. The van der Waals surface area contributed by atoms with Crippen molar-refractivity contribution < 1.29 is 19.1 Å². The Hall–Kier alpha value is -2.66. The summed E-state index contributed by atoms with van der Waals surface area (Å²) in [6.07, 6.45) is -0.0577. The van der Waals surface area contributed by atoms with Crippen molar-refractivity contribution in [3.8, 4) is 0 Å². The minimum atomic E-state index is -0.585. The van der Waals surface area contributed by atoms with Crippen LogP contribution in [0, 0.1) is 6.92 Å². The Bertz CT molecular complexity index is 787. The van der Waals surface area contributed by atoms with E-state index in [1.165, 1.54) is 0 Å². The summed E-state index contributed by atoms with van der Waals surface area (Å²) in [6.45, 7) is 1.97. The third-order valence-electron chi connectivity index (χ3n) is 3.82. The summed E-state index contributed by atoms with van der Waals surface area (Å²) < 4.78 is 4.90. The molecule has 0 fully saturated rings. The van der Waals surface area contributed by atoms with Crippen molar-refractivity contribution in [1.29, 1.82) is 0 Å². The molecule has 0 heterocycles. The first kappa shape index (κ1) is 19.7. The number of ether oxygens (including phenoxy) is 1. The number of carbonyl (C=O) groups excluding carboxylic acids is 3. The summed E-state index contributed by atoms with van der Waals surface area (Å²) in [4.78, 5) is 35.4. The summed E-state index contributed by atoms with van der Waals surface area (Å²) in [6, 6.07) is 14.1. The number of benzene rings is 2. The molecule has 0 radical (unpaired) electrons. The van der Waals surface area contributed by atoms with E-state index in [1.54, 1.807) is 24.3 Å². The lowest BCUT2D eigenvalue weighted by molar-refractivity contribution is -0.148. The number of nitrogens with one attached hydrogen (secondary N) is 1. The number of halogens is 1. The molecule has 0 aliphatic rings. The maximum absolute atomic E-state index is 12.0. The van der Waals surface area contributed by atoms with Gasteiger partial charge in [0.05, 0.1) is 6.42 Å². The van der Waals surface area contributed by atoms with E-state index in [4.69, 9.17) is 16.3 Å². The average Bonchev–Trinajstić information content (AvgIpc) is 2.64. The molecule has 2 aromatic carbocycles. The second-order valence-electron chi connectivity index (χ2n) is 5.79. The van der Waals surface area contributed by atoms with Crippen LogP contribution in [0.15, 0.2) is 48.5 Å². The van der Waals surface area contributed by atoms with Gasteiger partial charge in [0.15, 0.2) is 12.4 Å². The number of hydrogen-bond acceptors (Lipinski definition) is 4. The van der Waals surface area contributed by atoms with Crippen molar-refractivity contribution in [1.82, 2.24) is 5.32 Å². The second kappa shape index (κ2) is 9.73. The first-order valence-corrected chi connectivity index (χ1v) is 8.59. The van der Waals surface area contributed by atoms with E-state index >= 15 is 0 Å². The van der Waals surface area contributed by atoms with Gasteiger partial charge >= 0.3 is 5.97 Å². The molecule has 6 heteroatoms. The lowest BCUT2D eigenvalue weighted by Gasteiger charge is -2.08. The molecule has 2 aromatic rings. The molecule has 0 unspecified atom stereocenters. The standard InChI is InChI=1S/C20H20ClNO4/c1-14-4-2-3-5-16(14)12-22-19(24)13-26-20(25)11-10-18(23)15-6-8-17(21)9-7-15/h2-9H,10-13H2,1H3,(H,22,24). The first-order valence-electron chi connectivity index (χ1n) is 8.21. The molecule has 5 nitrogen and oxygen atoms in total. The van der Waals surface area contributed by atoms with Gasteiger partial charge in [0, 0.05) is 23.6 Å². The zero-order valence-electron chi connectivity index (χ0n) is 14.5. The Morgan fingerprint density at radius 1 is 1.00 bits per heavy atom. The topological polar surface area (TPSA) is 72.5 Å².